The molecule has 1 aromatic heterocycles. The maximum atomic E-state index is 13.3. The standard InChI is InChI=1S/C8H2BrClF2N2O/c9-8-14-13-7(15-8)3-1-6(12)4(10)2-5(3)11/h1-2H. The van der Waals surface area contributed by atoms with E-state index in [1.54, 1.807) is 0 Å². The normalized spacial score (nSPS) is 10.7. The van der Waals surface area contributed by atoms with E-state index in [4.69, 9.17) is 16.0 Å². The largest absolute Gasteiger partial charge is 0.411 e. The summed E-state index contributed by atoms with van der Waals surface area (Å²) in [5.74, 6) is -1.59. The molecular weight excluding hydrogens is 293 g/mol. The summed E-state index contributed by atoms with van der Waals surface area (Å²) >= 11 is 8.29. The average molecular weight is 295 g/mol. The first-order valence-corrected chi connectivity index (χ1v) is 4.89. The molecule has 0 saturated carbocycles. The minimum Gasteiger partial charge on any atom is -0.411 e. The highest BCUT2D eigenvalue weighted by Gasteiger charge is 2.15. The van der Waals surface area contributed by atoms with Crippen LogP contribution in [0.3, 0.4) is 0 Å². The number of hydrogen-bond donors (Lipinski definition) is 0. The van der Waals surface area contributed by atoms with Crippen LogP contribution >= 0.6 is 27.5 Å². The third-order valence-corrected chi connectivity index (χ3v) is 2.25. The molecular formula is C8H2BrClF2N2O. The Kier molecular flexibility index (Phi) is 2.70. The molecule has 0 amide bonds. The second kappa shape index (κ2) is 3.86. The van der Waals surface area contributed by atoms with Gasteiger partial charge in [-0.05, 0) is 12.1 Å². The summed E-state index contributed by atoms with van der Waals surface area (Å²) in [7, 11) is 0. The van der Waals surface area contributed by atoms with Crippen molar-refractivity contribution in [3.05, 3.63) is 33.6 Å². The van der Waals surface area contributed by atoms with E-state index >= 15 is 0 Å². The van der Waals surface area contributed by atoms with E-state index in [-0.39, 0.29) is 21.3 Å². The van der Waals surface area contributed by atoms with Gasteiger partial charge in [-0.1, -0.05) is 11.6 Å². The molecule has 2 rings (SSSR count). The molecule has 7 heteroatoms. The highest BCUT2D eigenvalue weighted by molar-refractivity contribution is 9.10. The Hall–Kier alpha value is -1.01. The predicted octanol–water partition coefficient (Wildman–Crippen LogP) is 3.43. The van der Waals surface area contributed by atoms with E-state index in [2.05, 4.69) is 26.1 Å². The Morgan fingerprint density at radius 3 is 2.53 bits per heavy atom. The summed E-state index contributed by atoms with van der Waals surface area (Å²) in [6, 6.07) is 1.75. The first-order chi connectivity index (χ1) is 7.08. The minimum absolute atomic E-state index is 0.0901. The Bertz CT molecular complexity index is 517. The van der Waals surface area contributed by atoms with Gasteiger partial charge in [0.05, 0.1) is 10.6 Å². The van der Waals surface area contributed by atoms with Crippen molar-refractivity contribution in [3.63, 3.8) is 0 Å². The van der Waals surface area contributed by atoms with Crippen LogP contribution in [0.1, 0.15) is 0 Å². The van der Waals surface area contributed by atoms with Crippen LogP contribution in [0.2, 0.25) is 5.02 Å². The second-order valence-corrected chi connectivity index (χ2v) is 3.69. The summed E-state index contributed by atoms with van der Waals surface area (Å²) in [6.45, 7) is 0. The van der Waals surface area contributed by atoms with E-state index in [0.29, 0.717) is 0 Å². The number of rotatable bonds is 1. The number of nitrogens with zero attached hydrogens (tertiary/aromatic N) is 2. The van der Waals surface area contributed by atoms with Crippen LogP contribution in [0.25, 0.3) is 11.5 Å². The van der Waals surface area contributed by atoms with Gasteiger partial charge in [-0.15, -0.1) is 10.2 Å². The van der Waals surface area contributed by atoms with Gasteiger partial charge in [0.1, 0.15) is 11.6 Å². The van der Waals surface area contributed by atoms with Gasteiger partial charge in [0.25, 0.3) is 10.7 Å². The highest BCUT2D eigenvalue weighted by Crippen LogP contribution is 2.27. The fourth-order valence-electron chi connectivity index (χ4n) is 1.00. The fourth-order valence-corrected chi connectivity index (χ4v) is 1.38. The van der Waals surface area contributed by atoms with Crippen LogP contribution in [-0.4, -0.2) is 10.2 Å². The fraction of sp³-hybridized carbons (Fsp3) is 0. The Labute approximate surface area is 96.2 Å². The SMILES string of the molecule is Fc1cc(-c2nnc(Br)o2)c(F)cc1Cl. The van der Waals surface area contributed by atoms with Crippen molar-refractivity contribution in [1.82, 2.24) is 10.2 Å². The van der Waals surface area contributed by atoms with Crippen LogP contribution in [0.5, 0.6) is 0 Å². The second-order valence-electron chi connectivity index (χ2n) is 2.61. The van der Waals surface area contributed by atoms with E-state index in [1.165, 1.54) is 0 Å². The van der Waals surface area contributed by atoms with Crippen LogP contribution in [0, 0.1) is 11.6 Å². The summed E-state index contributed by atoms with van der Waals surface area (Å²) in [5, 5.41) is 6.67. The van der Waals surface area contributed by atoms with Gasteiger partial charge < -0.3 is 4.42 Å². The monoisotopic (exact) mass is 294 g/mol. The number of hydrogen-bond acceptors (Lipinski definition) is 3. The Balaban J connectivity index is 2.58. The smallest absolute Gasteiger partial charge is 0.285 e. The van der Waals surface area contributed by atoms with Crippen LogP contribution < -0.4 is 0 Å². The van der Waals surface area contributed by atoms with Gasteiger partial charge >= 0.3 is 0 Å². The van der Waals surface area contributed by atoms with Gasteiger partial charge in [0.2, 0.25) is 0 Å². The third-order valence-electron chi connectivity index (χ3n) is 1.64. The van der Waals surface area contributed by atoms with Crippen molar-refractivity contribution in [1.29, 1.82) is 0 Å². The summed E-state index contributed by atoms with van der Waals surface area (Å²) in [4.78, 5) is 0.0901. The lowest BCUT2D eigenvalue weighted by atomic mass is 10.2. The third kappa shape index (κ3) is 2.00. The Morgan fingerprint density at radius 1 is 1.20 bits per heavy atom. The van der Waals surface area contributed by atoms with Crippen LogP contribution in [0.4, 0.5) is 8.78 Å². The highest BCUT2D eigenvalue weighted by atomic mass is 79.9. The van der Waals surface area contributed by atoms with Crippen molar-refractivity contribution in [2.24, 2.45) is 0 Å². The van der Waals surface area contributed by atoms with Crippen molar-refractivity contribution in [2.75, 3.05) is 0 Å². The maximum absolute atomic E-state index is 13.3. The molecule has 0 N–H and O–H groups in total. The van der Waals surface area contributed by atoms with Crippen molar-refractivity contribution >= 4 is 27.5 Å². The van der Waals surface area contributed by atoms with Gasteiger partial charge in [-0.3, -0.25) is 0 Å². The zero-order valence-corrected chi connectivity index (χ0v) is 9.31. The first-order valence-electron chi connectivity index (χ1n) is 3.72. The molecule has 0 atom stereocenters. The minimum atomic E-state index is -0.748. The Morgan fingerprint density at radius 2 is 1.93 bits per heavy atom. The van der Waals surface area contributed by atoms with Crippen molar-refractivity contribution in [3.8, 4) is 11.5 Å². The predicted molar refractivity (Wildman–Crippen MR) is 52.4 cm³/mol. The molecule has 0 bridgehead atoms. The molecule has 0 saturated heterocycles. The van der Waals surface area contributed by atoms with Crippen LogP contribution in [-0.2, 0) is 0 Å². The lowest BCUT2D eigenvalue weighted by Crippen LogP contribution is -1.88. The van der Waals surface area contributed by atoms with Gasteiger partial charge in [-0.25, -0.2) is 8.78 Å². The van der Waals surface area contributed by atoms with E-state index in [9.17, 15) is 8.78 Å². The molecule has 1 heterocycles. The number of halogens is 4. The van der Waals surface area contributed by atoms with Gasteiger partial charge in [-0.2, -0.15) is 0 Å². The van der Waals surface area contributed by atoms with E-state index in [1.807, 2.05) is 0 Å². The lowest BCUT2D eigenvalue weighted by molar-refractivity contribution is 0.530. The van der Waals surface area contributed by atoms with Crippen LogP contribution in [0.15, 0.2) is 21.3 Å². The molecule has 0 fully saturated rings. The van der Waals surface area contributed by atoms with E-state index in [0.717, 1.165) is 12.1 Å². The molecule has 78 valence electrons. The van der Waals surface area contributed by atoms with Crippen molar-refractivity contribution in [2.45, 2.75) is 0 Å². The summed E-state index contributed by atoms with van der Waals surface area (Å²) < 4.78 is 31.3. The topological polar surface area (TPSA) is 38.9 Å². The van der Waals surface area contributed by atoms with Gasteiger partial charge in [0, 0.05) is 15.9 Å². The zero-order chi connectivity index (χ0) is 11.0. The molecule has 15 heavy (non-hydrogen) atoms. The number of aromatic nitrogens is 2. The molecule has 1 aromatic carbocycles. The summed E-state index contributed by atoms with van der Waals surface area (Å²) in [6.07, 6.45) is 0. The molecule has 2 aromatic rings. The van der Waals surface area contributed by atoms with Gasteiger partial charge in [0.15, 0.2) is 0 Å². The molecule has 0 aliphatic carbocycles. The molecule has 0 aliphatic rings. The first kappa shape index (κ1) is 10.5. The average Bonchev–Trinajstić information content (AvgIpc) is 2.58. The number of benzene rings is 1. The quantitative estimate of drug-likeness (QED) is 0.757. The summed E-state index contributed by atoms with van der Waals surface area (Å²) in [5.41, 5.74) is -0.130. The molecule has 0 unspecified atom stereocenters. The maximum Gasteiger partial charge on any atom is 0.285 e. The lowest BCUT2D eigenvalue weighted by Gasteiger charge is -1.99. The van der Waals surface area contributed by atoms with E-state index < -0.39 is 11.6 Å². The molecule has 0 radical (unpaired) electrons. The molecule has 3 nitrogen and oxygen atoms in total. The molecule has 0 aliphatic heterocycles. The zero-order valence-electron chi connectivity index (χ0n) is 6.97. The molecule has 0 spiro atoms. The van der Waals surface area contributed by atoms with Crippen molar-refractivity contribution < 1.29 is 13.2 Å².